The third-order valence-electron chi connectivity index (χ3n) is 2.99. The van der Waals surface area contributed by atoms with Crippen molar-refractivity contribution < 1.29 is 0 Å². The first-order valence-corrected chi connectivity index (χ1v) is 4.74. The zero-order valence-electron chi connectivity index (χ0n) is 9.68. The summed E-state index contributed by atoms with van der Waals surface area (Å²) in [5.74, 6) is 0.646. The van der Waals surface area contributed by atoms with E-state index in [0.717, 1.165) is 6.42 Å². The van der Waals surface area contributed by atoms with Gasteiger partial charge in [-0.3, -0.25) is 9.80 Å². The van der Waals surface area contributed by atoms with Crippen LogP contribution < -0.4 is 0 Å². The van der Waals surface area contributed by atoms with Gasteiger partial charge in [-0.05, 0) is 40.5 Å². The van der Waals surface area contributed by atoms with Crippen LogP contribution in [-0.2, 0) is 0 Å². The standard InChI is InChI=1S/C10H24N2/c1-8-10(9(2)3,11(4)5)12(6)7/h9H,8H2,1-7H3. The van der Waals surface area contributed by atoms with E-state index in [4.69, 9.17) is 0 Å². The highest BCUT2D eigenvalue weighted by molar-refractivity contribution is 4.86. The lowest BCUT2D eigenvalue weighted by molar-refractivity contribution is -0.0406. The van der Waals surface area contributed by atoms with E-state index in [0.29, 0.717) is 5.92 Å². The van der Waals surface area contributed by atoms with Crippen molar-refractivity contribution in [1.82, 2.24) is 9.80 Å². The van der Waals surface area contributed by atoms with E-state index < -0.39 is 0 Å². The zero-order chi connectivity index (χ0) is 9.94. The molecular weight excluding hydrogens is 148 g/mol. The van der Waals surface area contributed by atoms with Crippen LogP contribution in [0.3, 0.4) is 0 Å². The van der Waals surface area contributed by atoms with Crippen LogP contribution in [0.1, 0.15) is 27.2 Å². The molecule has 0 aromatic carbocycles. The highest BCUT2D eigenvalue weighted by Gasteiger charge is 2.36. The van der Waals surface area contributed by atoms with Gasteiger partial charge < -0.3 is 0 Å². The van der Waals surface area contributed by atoms with Crippen LogP contribution in [0.4, 0.5) is 0 Å². The molecule has 0 aliphatic carbocycles. The Bertz CT molecular complexity index is 106. The van der Waals surface area contributed by atoms with Crippen molar-refractivity contribution in [2.75, 3.05) is 28.2 Å². The molecule has 74 valence electrons. The largest absolute Gasteiger partial charge is 0.291 e. The fourth-order valence-electron chi connectivity index (χ4n) is 2.47. The van der Waals surface area contributed by atoms with Gasteiger partial charge in [-0.1, -0.05) is 20.8 Å². The lowest BCUT2D eigenvalue weighted by atomic mass is 9.90. The van der Waals surface area contributed by atoms with Gasteiger partial charge in [-0.25, -0.2) is 0 Å². The Morgan fingerprint density at radius 3 is 1.33 bits per heavy atom. The molecule has 2 nitrogen and oxygen atoms in total. The molecule has 0 saturated heterocycles. The SMILES string of the molecule is CCC(C(C)C)(N(C)C)N(C)C. The minimum atomic E-state index is 0.208. The maximum atomic E-state index is 2.32. The summed E-state index contributed by atoms with van der Waals surface area (Å²) >= 11 is 0. The average molecular weight is 172 g/mol. The van der Waals surface area contributed by atoms with Gasteiger partial charge in [0.2, 0.25) is 0 Å². The van der Waals surface area contributed by atoms with Crippen LogP contribution in [0.2, 0.25) is 0 Å². The molecule has 0 radical (unpaired) electrons. The van der Waals surface area contributed by atoms with Gasteiger partial charge in [0.25, 0.3) is 0 Å². The lowest BCUT2D eigenvalue weighted by Crippen LogP contribution is -2.58. The molecule has 0 aliphatic heterocycles. The molecule has 0 spiro atoms. The Morgan fingerprint density at radius 1 is 1.00 bits per heavy atom. The van der Waals surface area contributed by atoms with Crippen molar-refractivity contribution in [2.45, 2.75) is 32.9 Å². The summed E-state index contributed by atoms with van der Waals surface area (Å²) in [5.41, 5.74) is 0.208. The first-order chi connectivity index (χ1) is 5.39. The van der Waals surface area contributed by atoms with Crippen molar-refractivity contribution in [3.05, 3.63) is 0 Å². The molecule has 0 heterocycles. The topological polar surface area (TPSA) is 6.48 Å². The van der Waals surface area contributed by atoms with E-state index in [1.165, 1.54) is 0 Å². The van der Waals surface area contributed by atoms with Crippen LogP contribution in [0.25, 0.3) is 0 Å². The summed E-state index contributed by atoms with van der Waals surface area (Å²) in [7, 11) is 8.62. The molecule has 0 N–H and O–H groups in total. The van der Waals surface area contributed by atoms with Crippen LogP contribution in [0, 0.1) is 5.92 Å². The van der Waals surface area contributed by atoms with Crippen molar-refractivity contribution in [1.29, 1.82) is 0 Å². The molecule has 0 amide bonds. The van der Waals surface area contributed by atoms with Crippen LogP contribution in [-0.4, -0.2) is 43.7 Å². The Balaban J connectivity index is 4.77. The van der Waals surface area contributed by atoms with Crippen LogP contribution in [0.5, 0.6) is 0 Å². The molecule has 0 saturated carbocycles. The highest BCUT2D eigenvalue weighted by atomic mass is 15.4. The predicted octanol–water partition coefficient (Wildman–Crippen LogP) is 1.87. The maximum absolute atomic E-state index is 2.32. The fraction of sp³-hybridized carbons (Fsp3) is 1.00. The second-order valence-electron chi connectivity index (χ2n) is 4.18. The van der Waals surface area contributed by atoms with E-state index in [2.05, 4.69) is 58.8 Å². The van der Waals surface area contributed by atoms with Crippen molar-refractivity contribution in [3.8, 4) is 0 Å². The predicted molar refractivity (Wildman–Crippen MR) is 55.2 cm³/mol. The molecule has 0 atom stereocenters. The van der Waals surface area contributed by atoms with E-state index in [9.17, 15) is 0 Å². The molecule has 0 rings (SSSR count). The van der Waals surface area contributed by atoms with E-state index >= 15 is 0 Å². The number of nitrogens with zero attached hydrogens (tertiary/aromatic N) is 2. The van der Waals surface area contributed by atoms with Gasteiger partial charge in [0.05, 0.1) is 5.66 Å². The second-order valence-corrected chi connectivity index (χ2v) is 4.18. The molecule has 0 fully saturated rings. The molecule has 0 bridgehead atoms. The fourth-order valence-corrected chi connectivity index (χ4v) is 2.47. The minimum Gasteiger partial charge on any atom is -0.291 e. The lowest BCUT2D eigenvalue weighted by Gasteiger charge is -2.48. The Kier molecular flexibility index (Phi) is 4.21. The molecule has 0 aromatic rings. The maximum Gasteiger partial charge on any atom is 0.0748 e. The molecule has 0 aliphatic rings. The van der Waals surface area contributed by atoms with Gasteiger partial charge in [0.1, 0.15) is 0 Å². The summed E-state index contributed by atoms with van der Waals surface area (Å²) in [6, 6.07) is 0. The van der Waals surface area contributed by atoms with Crippen LogP contribution in [0.15, 0.2) is 0 Å². The van der Waals surface area contributed by atoms with Crippen molar-refractivity contribution in [3.63, 3.8) is 0 Å². The summed E-state index contributed by atoms with van der Waals surface area (Å²) in [4.78, 5) is 4.63. The Morgan fingerprint density at radius 2 is 1.33 bits per heavy atom. The van der Waals surface area contributed by atoms with E-state index in [1.54, 1.807) is 0 Å². The molecule has 0 unspecified atom stereocenters. The second kappa shape index (κ2) is 4.24. The number of hydrogen-bond donors (Lipinski definition) is 0. The zero-order valence-corrected chi connectivity index (χ0v) is 9.68. The number of rotatable bonds is 4. The molecule has 2 heteroatoms. The van der Waals surface area contributed by atoms with Gasteiger partial charge in [-0.15, -0.1) is 0 Å². The van der Waals surface area contributed by atoms with E-state index in [1.807, 2.05) is 0 Å². The van der Waals surface area contributed by atoms with Gasteiger partial charge in [-0.2, -0.15) is 0 Å². The van der Waals surface area contributed by atoms with E-state index in [-0.39, 0.29) is 5.66 Å². The normalized spacial score (nSPS) is 13.5. The summed E-state index contributed by atoms with van der Waals surface area (Å²) < 4.78 is 0. The highest BCUT2D eigenvalue weighted by Crippen LogP contribution is 2.28. The monoisotopic (exact) mass is 172 g/mol. The first kappa shape index (κ1) is 11.9. The van der Waals surface area contributed by atoms with Crippen molar-refractivity contribution in [2.24, 2.45) is 5.92 Å². The van der Waals surface area contributed by atoms with Gasteiger partial charge in [0.15, 0.2) is 0 Å². The third-order valence-corrected chi connectivity index (χ3v) is 2.99. The third kappa shape index (κ3) is 1.80. The van der Waals surface area contributed by atoms with Gasteiger partial charge >= 0.3 is 0 Å². The average Bonchev–Trinajstić information content (AvgIpc) is 1.86. The first-order valence-electron chi connectivity index (χ1n) is 4.74. The van der Waals surface area contributed by atoms with Crippen LogP contribution >= 0.6 is 0 Å². The molecule has 0 aromatic heterocycles. The smallest absolute Gasteiger partial charge is 0.0748 e. The summed E-state index contributed by atoms with van der Waals surface area (Å²) in [6.45, 7) is 6.81. The molecular formula is C10H24N2. The summed E-state index contributed by atoms with van der Waals surface area (Å²) in [5, 5.41) is 0. The quantitative estimate of drug-likeness (QED) is 0.597. The Labute approximate surface area is 77.5 Å². The molecule has 12 heavy (non-hydrogen) atoms. The number of hydrogen-bond acceptors (Lipinski definition) is 2. The van der Waals surface area contributed by atoms with Gasteiger partial charge in [0, 0.05) is 0 Å². The summed E-state index contributed by atoms with van der Waals surface area (Å²) in [6.07, 6.45) is 1.16. The van der Waals surface area contributed by atoms with Crippen molar-refractivity contribution >= 4 is 0 Å². The Hall–Kier alpha value is -0.0800. The minimum absolute atomic E-state index is 0.208.